The van der Waals surface area contributed by atoms with Crippen molar-refractivity contribution in [2.45, 2.75) is 46.0 Å². The van der Waals surface area contributed by atoms with Crippen LogP contribution >= 0.6 is 0 Å². The maximum absolute atomic E-state index is 13.2. The number of methoxy groups -OCH3 is 2. The van der Waals surface area contributed by atoms with Crippen LogP contribution in [0, 0.1) is 13.8 Å². The molecule has 0 unspecified atom stereocenters. The number of aromatic nitrogens is 2. The Kier molecular flexibility index (Phi) is 9.12. The zero-order valence-corrected chi connectivity index (χ0v) is 26.4. The van der Waals surface area contributed by atoms with Gasteiger partial charge in [0, 0.05) is 55.7 Å². The normalized spacial score (nSPS) is 16.4. The molecule has 11 heteroatoms. The number of nitrogens with zero attached hydrogens (tertiary/aromatic N) is 4. The highest BCUT2D eigenvalue weighted by Crippen LogP contribution is 2.44. The van der Waals surface area contributed by atoms with Crippen LogP contribution in [0.3, 0.4) is 0 Å². The highest BCUT2D eigenvalue weighted by Gasteiger charge is 2.36. The summed E-state index contributed by atoms with van der Waals surface area (Å²) in [5, 5.41) is 6.07. The van der Waals surface area contributed by atoms with Crippen molar-refractivity contribution in [1.82, 2.24) is 19.8 Å². The van der Waals surface area contributed by atoms with E-state index in [2.05, 4.69) is 71.2 Å². The summed E-state index contributed by atoms with van der Waals surface area (Å²) in [5.74, 6) is 2.06. The minimum atomic E-state index is -0.456. The van der Waals surface area contributed by atoms with Crippen LogP contribution in [-0.2, 0) is 11.8 Å². The molecule has 1 fully saturated rings. The standard InChI is InChI=1S/C32H44N6O5/c1-20-17-21(2)25-27(42-19-32(25,3)4)23(20)18-22-9-10-24(43-22)28(39)34-26-29(40-6)35-31(36-30(26)41-7)33-11-8-12-38-15-13-37(5)14-16-38/h9-10,17H,8,11-16,18-19H2,1-7H3,(H,34,39)(H,33,35,36). The van der Waals surface area contributed by atoms with E-state index in [1.54, 1.807) is 6.07 Å². The van der Waals surface area contributed by atoms with Gasteiger partial charge in [0.15, 0.2) is 11.4 Å². The summed E-state index contributed by atoms with van der Waals surface area (Å²) in [6, 6.07) is 5.68. The van der Waals surface area contributed by atoms with Gasteiger partial charge in [-0.15, -0.1) is 0 Å². The Hall–Kier alpha value is -3.83. The van der Waals surface area contributed by atoms with Crippen LogP contribution in [0.5, 0.6) is 17.5 Å². The monoisotopic (exact) mass is 592 g/mol. The highest BCUT2D eigenvalue weighted by molar-refractivity contribution is 6.03. The second-order valence-corrected chi connectivity index (χ2v) is 12.1. The molecule has 3 aromatic rings. The van der Waals surface area contributed by atoms with Gasteiger partial charge in [0.1, 0.15) is 11.5 Å². The Bertz CT molecular complexity index is 1440. The number of carbonyl (C=O) groups excluding carboxylic acids is 1. The van der Waals surface area contributed by atoms with E-state index in [4.69, 9.17) is 18.6 Å². The molecule has 5 rings (SSSR count). The molecule has 0 atom stereocenters. The summed E-state index contributed by atoms with van der Waals surface area (Å²) in [6.07, 6.45) is 1.47. The Morgan fingerprint density at radius 1 is 1.05 bits per heavy atom. The third-order valence-corrected chi connectivity index (χ3v) is 8.29. The molecule has 0 spiro atoms. The number of rotatable bonds is 11. The van der Waals surface area contributed by atoms with Gasteiger partial charge in [0.2, 0.25) is 17.7 Å². The van der Waals surface area contributed by atoms with Crippen molar-refractivity contribution < 1.29 is 23.4 Å². The van der Waals surface area contributed by atoms with Gasteiger partial charge in [0.05, 0.1) is 20.8 Å². The minimum absolute atomic E-state index is 0.0497. The first-order valence-electron chi connectivity index (χ1n) is 14.9. The molecule has 4 heterocycles. The van der Waals surface area contributed by atoms with E-state index in [0.717, 1.165) is 56.0 Å². The zero-order chi connectivity index (χ0) is 30.7. The van der Waals surface area contributed by atoms with Crippen LogP contribution in [0.1, 0.15) is 58.8 Å². The lowest BCUT2D eigenvalue weighted by Gasteiger charge is -2.32. The molecule has 1 saturated heterocycles. The number of amides is 1. The Morgan fingerprint density at radius 2 is 1.74 bits per heavy atom. The first-order valence-corrected chi connectivity index (χ1v) is 14.9. The number of aryl methyl sites for hydroxylation is 2. The lowest BCUT2D eigenvalue weighted by molar-refractivity contribution is 0.0994. The summed E-state index contributed by atoms with van der Waals surface area (Å²) in [4.78, 5) is 27.0. The lowest BCUT2D eigenvalue weighted by Crippen LogP contribution is -2.44. The molecule has 43 heavy (non-hydrogen) atoms. The van der Waals surface area contributed by atoms with Gasteiger partial charge >= 0.3 is 0 Å². The second kappa shape index (κ2) is 12.8. The number of piperazine rings is 1. The summed E-state index contributed by atoms with van der Waals surface area (Å²) in [6.45, 7) is 15.3. The Balaban J connectivity index is 1.24. The topological polar surface area (TPSA) is 114 Å². The molecule has 2 N–H and O–H groups in total. The molecule has 2 aromatic heterocycles. The summed E-state index contributed by atoms with van der Waals surface area (Å²) < 4.78 is 23.2. The van der Waals surface area contributed by atoms with E-state index in [1.807, 2.05) is 6.07 Å². The predicted molar refractivity (Wildman–Crippen MR) is 166 cm³/mol. The number of likely N-dealkylation sites (N-methyl/N-ethyl adjacent to an activating group) is 1. The molecular formula is C32H44N6O5. The van der Waals surface area contributed by atoms with E-state index >= 15 is 0 Å². The lowest BCUT2D eigenvalue weighted by atomic mass is 9.82. The zero-order valence-electron chi connectivity index (χ0n) is 26.4. The average molecular weight is 593 g/mol. The fraction of sp³-hybridized carbons (Fsp3) is 0.531. The number of hydrogen-bond donors (Lipinski definition) is 2. The summed E-state index contributed by atoms with van der Waals surface area (Å²) >= 11 is 0. The van der Waals surface area contributed by atoms with Gasteiger partial charge < -0.3 is 39.1 Å². The number of nitrogens with one attached hydrogen (secondary N) is 2. The molecule has 0 radical (unpaired) electrons. The van der Waals surface area contributed by atoms with Crippen molar-refractivity contribution >= 4 is 17.5 Å². The maximum atomic E-state index is 13.2. The average Bonchev–Trinajstić information content (AvgIpc) is 3.58. The molecular weight excluding hydrogens is 548 g/mol. The van der Waals surface area contributed by atoms with Gasteiger partial charge in [-0.05, 0) is 57.1 Å². The Morgan fingerprint density at radius 3 is 2.42 bits per heavy atom. The first kappa shape index (κ1) is 30.6. The van der Waals surface area contributed by atoms with Crippen LogP contribution in [0.4, 0.5) is 11.6 Å². The number of hydrogen-bond acceptors (Lipinski definition) is 10. The smallest absolute Gasteiger partial charge is 0.291 e. The molecule has 1 amide bonds. The number of carbonyl (C=O) groups is 1. The number of benzene rings is 1. The van der Waals surface area contributed by atoms with Crippen molar-refractivity contribution in [3.63, 3.8) is 0 Å². The highest BCUT2D eigenvalue weighted by atomic mass is 16.5. The van der Waals surface area contributed by atoms with Crippen LogP contribution in [-0.4, -0.2) is 92.8 Å². The predicted octanol–water partition coefficient (Wildman–Crippen LogP) is 4.27. The number of ether oxygens (including phenoxy) is 3. The molecule has 0 aliphatic carbocycles. The van der Waals surface area contributed by atoms with Gasteiger partial charge in [-0.3, -0.25) is 4.79 Å². The second-order valence-electron chi connectivity index (χ2n) is 12.1. The Labute approximate surface area is 253 Å². The fourth-order valence-electron chi connectivity index (χ4n) is 5.96. The van der Waals surface area contributed by atoms with Gasteiger partial charge in [-0.25, -0.2) is 0 Å². The molecule has 2 aliphatic rings. The molecule has 232 valence electrons. The van der Waals surface area contributed by atoms with E-state index in [1.165, 1.54) is 25.3 Å². The first-order chi connectivity index (χ1) is 20.6. The molecule has 0 bridgehead atoms. The largest absolute Gasteiger partial charge is 0.492 e. The fourth-order valence-corrected chi connectivity index (χ4v) is 5.96. The quantitative estimate of drug-likeness (QED) is 0.313. The third kappa shape index (κ3) is 6.73. The SMILES string of the molecule is COc1nc(NCCCN2CCN(C)CC2)nc(OC)c1NC(=O)c1ccc(Cc2c(C)cc(C)c3c2OCC3(C)C)o1. The summed E-state index contributed by atoms with van der Waals surface area (Å²) in [7, 11) is 5.14. The third-order valence-electron chi connectivity index (χ3n) is 8.29. The van der Waals surface area contributed by atoms with Crippen molar-refractivity contribution in [1.29, 1.82) is 0 Å². The summed E-state index contributed by atoms with van der Waals surface area (Å²) in [5.41, 5.74) is 4.87. The van der Waals surface area contributed by atoms with E-state index in [9.17, 15) is 4.79 Å². The molecule has 1 aromatic carbocycles. The maximum Gasteiger partial charge on any atom is 0.291 e. The number of furan rings is 1. The number of anilines is 2. The van der Waals surface area contributed by atoms with Gasteiger partial charge in [-0.2, -0.15) is 9.97 Å². The molecule has 11 nitrogen and oxygen atoms in total. The van der Waals surface area contributed by atoms with E-state index < -0.39 is 5.91 Å². The van der Waals surface area contributed by atoms with Crippen LogP contribution < -0.4 is 24.8 Å². The van der Waals surface area contributed by atoms with E-state index in [0.29, 0.717) is 31.3 Å². The van der Waals surface area contributed by atoms with Crippen molar-refractivity contribution in [3.05, 3.63) is 52.0 Å². The van der Waals surface area contributed by atoms with Crippen LogP contribution in [0.25, 0.3) is 0 Å². The van der Waals surface area contributed by atoms with Crippen molar-refractivity contribution in [2.24, 2.45) is 0 Å². The minimum Gasteiger partial charge on any atom is -0.492 e. The van der Waals surface area contributed by atoms with Gasteiger partial charge in [0.25, 0.3) is 5.91 Å². The van der Waals surface area contributed by atoms with Crippen LogP contribution in [0.2, 0.25) is 0 Å². The van der Waals surface area contributed by atoms with Gasteiger partial charge in [-0.1, -0.05) is 19.9 Å². The molecule has 0 saturated carbocycles. The van der Waals surface area contributed by atoms with Crippen LogP contribution in [0.15, 0.2) is 22.6 Å². The number of fused-ring (bicyclic) bond motifs is 1. The molecule has 2 aliphatic heterocycles. The van der Waals surface area contributed by atoms with E-state index in [-0.39, 0.29) is 28.6 Å². The van der Waals surface area contributed by atoms with Crippen molar-refractivity contribution in [2.75, 3.05) is 77.8 Å². The van der Waals surface area contributed by atoms with Crippen molar-refractivity contribution in [3.8, 4) is 17.5 Å².